The van der Waals surface area contributed by atoms with E-state index in [0.29, 0.717) is 5.92 Å². The van der Waals surface area contributed by atoms with E-state index in [0.717, 1.165) is 24.7 Å². The van der Waals surface area contributed by atoms with Crippen molar-refractivity contribution in [3.8, 4) is 0 Å². The zero-order chi connectivity index (χ0) is 13.8. The lowest BCUT2D eigenvalue weighted by Gasteiger charge is -2.32. The van der Waals surface area contributed by atoms with Crippen LogP contribution in [0.3, 0.4) is 0 Å². The van der Waals surface area contributed by atoms with Crippen LogP contribution in [-0.4, -0.2) is 30.0 Å². The Balaban J connectivity index is 1.83. The zero-order valence-electron chi connectivity index (χ0n) is 11.8. The third-order valence-corrected chi connectivity index (χ3v) is 4.10. The summed E-state index contributed by atoms with van der Waals surface area (Å²) in [4.78, 5) is 6.44. The van der Waals surface area contributed by atoms with Crippen LogP contribution < -0.4 is 5.73 Å². The number of rotatable bonds is 6. The van der Waals surface area contributed by atoms with Gasteiger partial charge in [-0.1, -0.05) is 13.3 Å². The van der Waals surface area contributed by atoms with E-state index in [1.165, 1.54) is 31.5 Å². The minimum atomic E-state index is -0.314. The van der Waals surface area contributed by atoms with E-state index < -0.39 is 0 Å². The Kier molecular flexibility index (Phi) is 4.88. The summed E-state index contributed by atoms with van der Waals surface area (Å²) >= 11 is 0. The number of pyridine rings is 1. The fraction of sp³-hybridized carbons (Fsp3) is 0.667. The van der Waals surface area contributed by atoms with Crippen molar-refractivity contribution in [2.45, 2.75) is 32.2 Å². The Bertz CT molecular complexity index is 389. The van der Waals surface area contributed by atoms with Crippen molar-refractivity contribution in [1.29, 1.82) is 0 Å². The molecule has 1 aliphatic carbocycles. The Morgan fingerprint density at radius 2 is 2.21 bits per heavy atom. The predicted molar refractivity (Wildman–Crippen MR) is 75.1 cm³/mol. The molecular formula is C15H24FN3. The van der Waals surface area contributed by atoms with Gasteiger partial charge in [0.2, 0.25) is 0 Å². The molecule has 1 fully saturated rings. The SMILES string of the molecule is CC(CN(C)CC1CCC1)C(N)c1ccc(F)cn1. The lowest BCUT2D eigenvalue weighted by atomic mass is 9.85. The van der Waals surface area contributed by atoms with E-state index in [-0.39, 0.29) is 11.9 Å². The summed E-state index contributed by atoms with van der Waals surface area (Å²) < 4.78 is 12.8. The number of nitrogens with zero attached hydrogens (tertiary/aromatic N) is 2. The van der Waals surface area contributed by atoms with Crippen molar-refractivity contribution in [2.75, 3.05) is 20.1 Å². The smallest absolute Gasteiger partial charge is 0.141 e. The molecule has 106 valence electrons. The Morgan fingerprint density at radius 3 is 2.74 bits per heavy atom. The topological polar surface area (TPSA) is 42.1 Å². The fourth-order valence-electron chi connectivity index (χ4n) is 2.67. The van der Waals surface area contributed by atoms with E-state index in [1.807, 2.05) is 0 Å². The lowest BCUT2D eigenvalue weighted by molar-refractivity contribution is 0.181. The van der Waals surface area contributed by atoms with Gasteiger partial charge >= 0.3 is 0 Å². The minimum absolute atomic E-state index is 0.135. The molecule has 2 N–H and O–H groups in total. The molecule has 2 atom stereocenters. The highest BCUT2D eigenvalue weighted by Crippen LogP contribution is 2.27. The summed E-state index contributed by atoms with van der Waals surface area (Å²) in [5, 5.41) is 0. The molecular weight excluding hydrogens is 241 g/mol. The molecule has 0 aromatic carbocycles. The highest BCUT2D eigenvalue weighted by molar-refractivity contribution is 5.10. The van der Waals surface area contributed by atoms with Gasteiger partial charge in [-0.15, -0.1) is 0 Å². The molecule has 1 saturated carbocycles. The van der Waals surface area contributed by atoms with E-state index in [1.54, 1.807) is 6.07 Å². The Labute approximate surface area is 115 Å². The lowest BCUT2D eigenvalue weighted by Crippen LogP contribution is -2.35. The van der Waals surface area contributed by atoms with Gasteiger partial charge in [0.25, 0.3) is 0 Å². The zero-order valence-corrected chi connectivity index (χ0v) is 11.8. The maximum absolute atomic E-state index is 12.8. The van der Waals surface area contributed by atoms with Crippen LogP contribution in [0.15, 0.2) is 18.3 Å². The first kappa shape index (κ1) is 14.4. The maximum Gasteiger partial charge on any atom is 0.141 e. The van der Waals surface area contributed by atoms with Gasteiger partial charge in [-0.25, -0.2) is 4.39 Å². The predicted octanol–water partition coefficient (Wildman–Crippen LogP) is 2.59. The van der Waals surface area contributed by atoms with Gasteiger partial charge in [0.05, 0.1) is 17.9 Å². The van der Waals surface area contributed by atoms with Gasteiger partial charge in [0, 0.05) is 13.1 Å². The molecule has 1 aromatic heterocycles. The first-order chi connectivity index (χ1) is 9.06. The highest BCUT2D eigenvalue weighted by Gasteiger charge is 2.22. The molecule has 2 rings (SSSR count). The van der Waals surface area contributed by atoms with Crippen LogP contribution in [-0.2, 0) is 0 Å². The molecule has 0 amide bonds. The Hall–Kier alpha value is -1.00. The fourth-order valence-corrected chi connectivity index (χ4v) is 2.67. The normalized spacial score (nSPS) is 19.2. The largest absolute Gasteiger partial charge is 0.322 e. The van der Waals surface area contributed by atoms with Crippen molar-refractivity contribution in [3.05, 3.63) is 29.8 Å². The summed E-state index contributed by atoms with van der Waals surface area (Å²) in [6, 6.07) is 2.97. The summed E-state index contributed by atoms with van der Waals surface area (Å²) in [6.07, 6.45) is 5.35. The second-order valence-electron chi connectivity index (χ2n) is 5.92. The molecule has 0 spiro atoms. The van der Waals surface area contributed by atoms with Gasteiger partial charge in [-0.3, -0.25) is 4.98 Å². The number of hydrogen-bond donors (Lipinski definition) is 1. The highest BCUT2D eigenvalue weighted by atomic mass is 19.1. The average molecular weight is 265 g/mol. The standard InChI is InChI=1S/C15H24FN3/c1-11(9-19(2)10-12-4-3-5-12)15(17)14-7-6-13(16)8-18-14/h6-8,11-12,15H,3-5,9-10,17H2,1-2H3. The molecule has 1 aromatic rings. The van der Waals surface area contributed by atoms with Gasteiger partial charge in [0.1, 0.15) is 5.82 Å². The Morgan fingerprint density at radius 1 is 1.47 bits per heavy atom. The first-order valence-corrected chi connectivity index (χ1v) is 7.12. The molecule has 1 heterocycles. The van der Waals surface area contributed by atoms with Crippen molar-refractivity contribution in [3.63, 3.8) is 0 Å². The van der Waals surface area contributed by atoms with Gasteiger partial charge in [-0.05, 0) is 43.9 Å². The summed E-state index contributed by atoms with van der Waals surface area (Å²) in [5.74, 6) is 0.867. The van der Waals surface area contributed by atoms with Gasteiger partial charge in [0.15, 0.2) is 0 Å². The molecule has 19 heavy (non-hydrogen) atoms. The second-order valence-corrected chi connectivity index (χ2v) is 5.92. The van der Waals surface area contributed by atoms with E-state index in [2.05, 4.69) is 23.9 Å². The van der Waals surface area contributed by atoms with Crippen molar-refractivity contribution >= 4 is 0 Å². The van der Waals surface area contributed by atoms with Crippen molar-refractivity contribution in [1.82, 2.24) is 9.88 Å². The van der Waals surface area contributed by atoms with Crippen molar-refractivity contribution in [2.24, 2.45) is 17.6 Å². The minimum Gasteiger partial charge on any atom is -0.322 e. The van der Waals surface area contributed by atoms with Crippen LogP contribution in [0.25, 0.3) is 0 Å². The molecule has 0 aliphatic heterocycles. The summed E-state index contributed by atoms with van der Waals surface area (Å²) in [6.45, 7) is 4.25. The van der Waals surface area contributed by atoms with Crippen LogP contribution in [0.1, 0.15) is 37.9 Å². The number of nitrogens with two attached hydrogens (primary N) is 1. The third kappa shape index (κ3) is 3.98. The van der Waals surface area contributed by atoms with E-state index in [9.17, 15) is 4.39 Å². The van der Waals surface area contributed by atoms with E-state index in [4.69, 9.17) is 5.73 Å². The molecule has 2 unspecified atom stereocenters. The van der Waals surface area contributed by atoms with Crippen LogP contribution in [0, 0.1) is 17.7 Å². The molecule has 0 saturated heterocycles. The third-order valence-electron chi connectivity index (χ3n) is 4.10. The number of hydrogen-bond acceptors (Lipinski definition) is 3. The van der Waals surface area contributed by atoms with Crippen LogP contribution in [0.4, 0.5) is 4.39 Å². The van der Waals surface area contributed by atoms with Crippen LogP contribution >= 0.6 is 0 Å². The van der Waals surface area contributed by atoms with E-state index >= 15 is 0 Å². The molecule has 0 bridgehead atoms. The molecule has 0 radical (unpaired) electrons. The summed E-state index contributed by atoms with van der Waals surface area (Å²) in [5.41, 5.74) is 6.97. The van der Waals surface area contributed by atoms with Crippen molar-refractivity contribution < 1.29 is 4.39 Å². The molecule has 3 nitrogen and oxygen atoms in total. The van der Waals surface area contributed by atoms with Crippen LogP contribution in [0.5, 0.6) is 0 Å². The first-order valence-electron chi connectivity index (χ1n) is 7.12. The van der Waals surface area contributed by atoms with Gasteiger partial charge < -0.3 is 10.6 Å². The molecule has 4 heteroatoms. The molecule has 1 aliphatic rings. The number of aromatic nitrogens is 1. The van der Waals surface area contributed by atoms with Crippen LogP contribution in [0.2, 0.25) is 0 Å². The average Bonchev–Trinajstić information content (AvgIpc) is 2.34. The number of halogens is 1. The second kappa shape index (κ2) is 6.44. The maximum atomic E-state index is 12.8. The summed E-state index contributed by atoms with van der Waals surface area (Å²) in [7, 11) is 2.15. The monoisotopic (exact) mass is 265 g/mol. The van der Waals surface area contributed by atoms with Gasteiger partial charge in [-0.2, -0.15) is 0 Å². The quantitative estimate of drug-likeness (QED) is 0.859.